The SMILES string of the molecule is CS(=O)(=O)c1nncc(-c2ccc(Cl)cc2Cl)n1. The second kappa shape index (κ2) is 4.79. The highest BCUT2D eigenvalue weighted by Gasteiger charge is 2.14. The summed E-state index contributed by atoms with van der Waals surface area (Å²) in [5, 5.41) is 7.58. The summed E-state index contributed by atoms with van der Waals surface area (Å²) < 4.78 is 22.7. The monoisotopic (exact) mass is 303 g/mol. The normalized spacial score (nSPS) is 11.5. The van der Waals surface area contributed by atoms with Crippen LogP contribution >= 0.6 is 23.2 Å². The van der Waals surface area contributed by atoms with E-state index in [1.807, 2.05) is 0 Å². The zero-order valence-electron chi connectivity index (χ0n) is 9.13. The van der Waals surface area contributed by atoms with Crippen molar-refractivity contribution in [3.8, 4) is 11.3 Å². The van der Waals surface area contributed by atoms with Gasteiger partial charge in [0.2, 0.25) is 9.84 Å². The Morgan fingerprint density at radius 2 is 1.94 bits per heavy atom. The molecule has 1 heterocycles. The summed E-state index contributed by atoms with van der Waals surface area (Å²) in [5.74, 6) is 0. The lowest BCUT2D eigenvalue weighted by molar-refractivity contribution is 0.589. The topological polar surface area (TPSA) is 72.8 Å². The first-order valence-electron chi connectivity index (χ1n) is 4.73. The first kappa shape index (κ1) is 13.2. The molecule has 1 aromatic heterocycles. The summed E-state index contributed by atoms with van der Waals surface area (Å²) in [4.78, 5) is 3.92. The molecular weight excluding hydrogens is 297 g/mol. The molecule has 0 saturated carbocycles. The molecule has 2 aromatic rings. The van der Waals surface area contributed by atoms with Crippen LogP contribution in [0.5, 0.6) is 0 Å². The van der Waals surface area contributed by atoms with Crippen molar-refractivity contribution >= 4 is 33.0 Å². The Balaban J connectivity index is 2.58. The fourth-order valence-corrected chi connectivity index (χ4v) is 2.24. The van der Waals surface area contributed by atoms with Gasteiger partial charge in [0.15, 0.2) is 0 Å². The van der Waals surface area contributed by atoms with E-state index in [1.54, 1.807) is 18.2 Å². The maximum Gasteiger partial charge on any atom is 0.267 e. The minimum absolute atomic E-state index is 0.326. The van der Waals surface area contributed by atoms with Crippen molar-refractivity contribution in [3.05, 3.63) is 34.4 Å². The molecule has 94 valence electrons. The number of rotatable bonds is 2. The molecule has 5 nitrogen and oxygen atoms in total. The number of halogens is 2. The van der Waals surface area contributed by atoms with Crippen LogP contribution in [0.4, 0.5) is 0 Å². The molecule has 8 heteroatoms. The average molecular weight is 304 g/mol. The van der Waals surface area contributed by atoms with Gasteiger partial charge in [-0.05, 0) is 18.2 Å². The molecule has 0 aliphatic heterocycles. The molecule has 0 spiro atoms. The summed E-state index contributed by atoms with van der Waals surface area (Å²) in [6, 6.07) is 4.81. The molecule has 0 amide bonds. The molecular formula is C10H7Cl2N3O2S. The Morgan fingerprint density at radius 3 is 2.56 bits per heavy atom. The molecule has 0 aliphatic rings. The van der Waals surface area contributed by atoms with Crippen molar-refractivity contribution in [3.63, 3.8) is 0 Å². The van der Waals surface area contributed by atoms with Crippen LogP contribution in [-0.2, 0) is 9.84 Å². The summed E-state index contributed by atoms with van der Waals surface area (Å²) in [6.07, 6.45) is 2.35. The van der Waals surface area contributed by atoms with E-state index in [1.165, 1.54) is 6.20 Å². The summed E-state index contributed by atoms with van der Waals surface area (Å²) in [7, 11) is -3.51. The number of benzene rings is 1. The zero-order chi connectivity index (χ0) is 13.3. The lowest BCUT2D eigenvalue weighted by Gasteiger charge is -2.04. The van der Waals surface area contributed by atoms with Gasteiger partial charge >= 0.3 is 0 Å². The van der Waals surface area contributed by atoms with Crippen LogP contribution in [0.3, 0.4) is 0 Å². The van der Waals surface area contributed by atoms with Gasteiger partial charge in [0.1, 0.15) is 0 Å². The Morgan fingerprint density at radius 1 is 1.22 bits per heavy atom. The molecule has 0 saturated heterocycles. The van der Waals surface area contributed by atoms with Crippen LogP contribution in [-0.4, -0.2) is 29.9 Å². The van der Waals surface area contributed by atoms with Crippen molar-refractivity contribution in [2.75, 3.05) is 6.26 Å². The number of hydrogen-bond acceptors (Lipinski definition) is 5. The first-order chi connectivity index (χ1) is 8.38. The number of sulfone groups is 1. The fraction of sp³-hybridized carbons (Fsp3) is 0.100. The van der Waals surface area contributed by atoms with Crippen molar-refractivity contribution in [1.29, 1.82) is 0 Å². The van der Waals surface area contributed by atoms with Gasteiger partial charge in [-0.2, -0.15) is 5.10 Å². The van der Waals surface area contributed by atoms with Crippen molar-refractivity contribution in [1.82, 2.24) is 15.2 Å². The third kappa shape index (κ3) is 2.77. The average Bonchev–Trinajstić information content (AvgIpc) is 2.28. The van der Waals surface area contributed by atoms with Crippen LogP contribution in [0.1, 0.15) is 0 Å². The molecule has 0 N–H and O–H groups in total. The molecule has 18 heavy (non-hydrogen) atoms. The third-order valence-electron chi connectivity index (χ3n) is 2.08. The molecule has 0 radical (unpaired) electrons. The lowest BCUT2D eigenvalue weighted by atomic mass is 10.2. The van der Waals surface area contributed by atoms with E-state index >= 15 is 0 Å². The predicted octanol–water partition coefficient (Wildman–Crippen LogP) is 2.25. The first-order valence-corrected chi connectivity index (χ1v) is 7.38. The van der Waals surface area contributed by atoms with Gasteiger partial charge in [0.05, 0.1) is 16.9 Å². The van der Waals surface area contributed by atoms with Crippen molar-refractivity contribution in [2.45, 2.75) is 5.16 Å². The van der Waals surface area contributed by atoms with Gasteiger partial charge in [-0.3, -0.25) is 0 Å². The summed E-state index contributed by atoms with van der Waals surface area (Å²) in [6.45, 7) is 0. The molecule has 0 fully saturated rings. The molecule has 0 bridgehead atoms. The smallest absolute Gasteiger partial charge is 0.221 e. The van der Waals surface area contributed by atoms with Crippen molar-refractivity contribution < 1.29 is 8.42 Å². The Labute approximate surface area is 114 Å². The van der Waals surface area contributed by atoms with E-state index in [0.29, 0.717) is 21.3 Å². The van der Waals surface area contributed by atoms with Crippen LogP contribution < -0.4 is 0 Å². The zero-order valence-corrected chi connectivity index (χ0v) is 11.5. The van der Waals surface area contributed by atoms with E-state index in [-0.39, 0.29) is 5.16 Å². The standard InChI is InChI=1S/C10H7Cl2N3O2S/c1-18(16,17)10-14-9(5-13-15-10)7-3-2-6(11)4-8(7)12/h2-5H,1H3. The molecule has 0 unspecified atom stereocenters. The second-order valence-electron chi connectivity index (χ2n) is 3.52. The third-order valence-corrected chi connectivity index (χ3v) is 3.46. The number of aromatic nitrogens is 3. The van der Waals surface area contributed by atoms with Gasteiger partial charge in [-0.15, -0.1) is 5.10 Å². The Hall–Kier alpha value is -1.24. The van der Waals surface area contributed by atoms with Gasteiger partial charge in [0, 0.05) is 16.8 Å². The van der Waals surface area contributed by atoms with E-state index < -0.39 is 9.84 Å². The van der Waals surface area contributed by atoms with Gasteiger partial charge in [-0.1, -0.05) is 23.2 Å². The minimum Gasteiger partial charge on any atom is -0.221 e. The molecule has 0 aliphatic carbocycles. The van der Waals surface area contributed by atoms with Gasteiger partial charge in [-0.25, -0.2) is 13.4 Å². The number of nitrogens with zero attached hydrogens (tertiary/aromatic N) is 3. The van der Waals surface area contributed by atoms with Crippen LogP contribution in [0.15, 0.2) is 29.6 Å². The quantitative estimate of drug-likeness (QED) is 0.851. The largest absolute Gasteiger partial charge is 0.267 e. The highest BCUT2D eigenvalue weighted by molar-refractivity contribution is 7.90. The Kier molecular flexibility index (Phi) is 3.52. The van der Waals surface area contributed by atoms with Crippen LogP contribution in [0.25, 0.3) is 11.3 Å². The predicted molar refractivity (Wildman–Crippen MR) is 68.4 cm³/mol. The molecule has 2 rings (SSSR count). The highest BCUT2D eigenvalue weighted by atomic mass is 35.5. The number of hydrogen-bond donors (Lipinski definition) is 0. The maximum absolute atomic E-state index is 11.3. The second-order valence-corrected chi connectivity index (χ2v) is 6.27. The van der Waals surface area contributed by atoms with E-state index in [0.717, 1.165) is 6.26 Å². The van der Waals surface area contributed by atoms with E-state index in [4.69, 9.17) is 23.2 Å². The molecule has 1 aromatic carbocycles. The summed E-state index contributed by atoms with van der Waals surface area (Å²) >= 11 is 11.8. The van der Waals surface area contributed by atoms with Crippen LogP contribution in [0, 0.1) is 0 Å². The summed E-state index contributed by atoms with van der Waals surface area (Å²) in [5.41, 5.74) is 0.868. The maximum atomic E-state index is 11.3. The van der Waals surface area contributed by atoms with Crippen LogP contribution in [0.2, 0.25) is 10.0 Å². The van der Waals surface area contributed by atoms with Gasteiger partial charge in [0.25, 0.3) is 5.16 Å². The highest BCUT2D eigenvalue weighted by Crippen LogP contribution is 2.28. The minimum atomic E-state index is -3.51. The Bertz CT molecular complexity index is 704. The van der Waals surface area contributed by atoms with E-state index in [2.05, 4.69) is 15.2 Å². The molecule has 0 atom stereocenters. The van der Waals surface area contributed by atoms with Gasteiger partial charge < -0.3 is 0 Å². The van der Waals surface area contributed by atoms with Crippen molar-refractivity contribution in [2.24, 2.45) is 0 Å². The van der Waals surface area contributed by atoms with E-state index in [9.17, 15) is 8.42 Å². The fourth-order valence-electron chi connectivity index (χ4n) is 1.27. The lowest BCUT2D eigenvalue weighted by Crippen LogP contribution is -2.06.